The zero-order valence-corrected chi connectivity index (χ0v) is 11.6. The van der Waals surface area contributed by atoms with E-state index in [2.05, 4.69) is 22.4 Å². The van der Waals surface area contributed by atoms with Gasteiger partial charge in [-0.15, -0.1) is 21.5 Å². The summed E-state index contributed by atoms with van der Waals surface area (Å²) in [4.78, 5) is 0.874. The first-order valence-electron chi connectivity index (χ1n) is 5.95. The molecule has 0 amide bonds. The molecule has 5 nitrogen and oxygen atoms in total. The Hall–Kier alpha value is -1.40. The van der Waals surface area contributed by atoms with Crippen LogP contribution in [0.4, 0.5) is 0 Å². The van der Waals surface area contributed by atoms with Crippen LogP contribution in [0.15, 0.2) is 15.9 Å². The largest absolute Gasteiger partial charge is 0.495 e. The Morgan fingerprint density at radius 3 is 3.06 bits per heavy atom. The normalized spacial score (nSPS) is 12.6. The molecule has 1 unspecified atom stereocenters. The van der Waals surface area contributed by atoms with Crippen molar-refractivity contribution in [2.24, 2.45) is 0 Å². The molecule has 1 atom stereocenters. The minimum atomic E-state index is 0.0668. The fraction of sp³-hybridized carbons (Fsp3) is 0.500. The second kappa shape index (κ2) is 5.97. The van der Waals surface area contributed by atoms with Crippen molar-refractivity contribution in [3.63, 3.8) is 0 Å². The van der Waals surface area contributed by atoms with Crippen molar-refractivity contribution in [2.75, 3.05) is 13.7 Å². The maximum Gasteiger partial charge on any atom is 0.261 e. The summed E-state index contributed by atoms with van der Waals surface area (Å²) >= 11 is 1.53. The highest BCUT2D eigenvalue weighted by atomic mass is 32.1. The third-order valence-corrected chi connectivity index (χ3v) is 3.44. The molecule has 0 spiro atoms. The van der Waals surface area contributed by atoms with Gasteiger partial charge in [0.25, 0.3) is 5.89 Å². The molecule has 6 heteroatoms. The number of nitrogens with one attached hydrogen (secondary N) is 1. The lowest BCUT2D eigenvalue weighted by atomic mass is 10.3. The Balaban J connectivity index is 2.15. The molecule has 2 aromatic rings. The quantitative estimate of drug-likeness (QED) is 0.872. The molecule has 0 saturated heterocycles. The maximum absolute atomic E-state index is 5.68. The molecular weight excluding hydrogens is 250 g/mol. The topological polar surface area (TPSA) is 60.2 Å². The van der Waals surface area contributed by atoms with Gasteiger partial charge in [-0.2, -0.15) is 0 Å². The Labute approximate surface area is 110 Å². The van der Waals surface area contributed by atoms with Crippen LogP contribution in [-0.4, -0.2) is 23.9 Å². The molecule has 1 N–H and O–H groups in total. The fourth-order valence-electron chi connectivity index (χ4n) is 1.56. The van der Waals surface area contributed by atoms with Crippen molar-refractivity contribution in [3.05, 3.63) is 17.3 Å². The van der Waals surface area contributed by atoms with Crippen molar-refractivity contribution in [2.45, 2.75) is 26.3 Å². The van der Waals surface area contributed by atoms with Crippen LogP contribution in [0.3, 0.4) is 0 Å². The van der Waals surface area contributed by atoms with Crippen LogP contribution in [0.1, 0.15) is 32.2 Å². The van der Waals surface area contributed by atoms with Gasteiger partial charge in [0.05, 0.1) is 13.2 Å². The molecule has 0 fully saturated rings. The Morgan fingerprint density at radius 1 is 1.50 bits per heavy atom. The first kappa shape index (κ1) is 13.0. The van der Waals surface area contributed by atoms with Gasteiger partial charge < -0.3 is 14.5 Å². The number of methoxy groups -OCH3 is 1. The minimum Gasteiger partial charge on any atom is -0.495 e. The number of hydrogen-bond acceptors (Lipinski definition) is 6. The molecule has 0 bridgehead atoms. The number of thiophene rings is 1. The van der Waals surface area contributed by atoms with E-state index in [-0.39, 0.29) is 6.04 Å². The number of rotatable bonds is 6. The predicted octanol–water partition coefficient (Wildman–Crippen LogP) is 2.87. The number of nitrogens with zero attached hydrogens (tertiary/aromatic N) is 2. The lowest BCUT2D eigenvalue weighted by Gasteiger charge is -2.07. The summed E-state index contributed by atoms with van der Waals surface area (Å²) in [6, 6.07) is 1.96. The van der Waals surface area contributed by atoms with E-state index >= 15 is 0 Å². The maximum atomic E-state index is 5.68. The zero-order chi connectivity index (χ0) is 13.0. The van der Waals surface area contributed by atoms with Crippen molar-refractivity contribution >= 4 is 11.3 Å². The van der Waals surface area contributed by atoms with E-state index in [1.165, 1.54) is 11.3 Å². The fourth-order valence-corrected chi connectivity index (χ4v) is 2.34. The summed E-state index contributed by atoms with van der Waals surface area (Å²) in [5.41, 5.74) is 0. The molecule has 0 saturated carbocycles. The zero-order valence-electron chi connectivity index (χ0n) is 10.8. The van der Waals surface area contributed by atoms with E-state index in [1.807, 2.05) is 18.4 Å². The van der Waals surface area contributed by atoms with E-state index in [4.69, 9.17) is 9.15 Å². The first-order valence-corrected chi connectivity index (χ1v) is 6.82. The summed E-state index contributed by atoms with van der Waals surface area (Å²) in [6.45, 7) is 5.06. The van der Waals surface area contributed by atoms with Crippen LogP contribution in [0.25, 0.3) is 10.8 Å². The molecule has 0 aliphatic heterocycles. The van der Waals surface area contributed by atoms with E-state index in [0.29, 0.717) is 11.8 Å². The van der Waals surface area contributed by atoms with Gasteiger partial charge in [-0.25, -0.2) is 0 Å². The highest BCUT2D eigenvalue weighted by Crippen LogP contribution is 2.34. The molecule has 2 heterocycles. The summed E-state index contributed by atoms with van der Waals surface area (Å²) in [5.74, 6) is 1.89. The van der Waals surface area contributed by atoms with Gasteiger partial charge in [0.1, 0.15) is 10.6 Å². The van der Waals surface area contributed by atoms with Crippen LogP contribution < -0.4 is 10.1 Å². The van der Waals surface area contributed by atoms with Crippen LogP contribution in [0.2, 0.25) is 0 Å². The van der Waals surface area contributed by atoms with E-state index in [0.717, 1.165) is 23.6 Å². The average molecular weight is 267 g/mol. The molecule has 0 aromatic carbocycles. The molecule has 98 valence electrons. The molecule has 2 aromatic heterocycles. The van der Waals surface area contributed by atoms with Gasteiger partial charge in [-0.3, -0.25) is 0 Å². The standard InChI is InChI=1S/C12H17N3O2S/c1-4-6-13-8(2)11-14-15-12(17-11)10-9(16-3)5-7-18-10/h5,7-8,13H,4,6H2,1-3H3. The number of ether oxygens (including phenoxy) is 1. The third-order valence-electron chi connectivity index (χ3n) is 2.55. The monoisotopic (exact) mass is 267 g/mol. The van der Waals surface area contributed by atoms with Gasteiger partial charge in [-0.05, 0) is 31.3 Å². The molecule has 0 radical (unpaired) electrons. The smallest absolute Gasteiger partial charge is 0.261 e. The van der Waals surface area contributed by atoms with Gasteiger partial charge in [0.2, 0.25) is 5.89 Å². The molecule has 18 heavy (non-hydrogen) atoms. The molecular formula is C12H17N3O2S. The average Bonchev–Trinajstić information content (AvgIpc) is 3.02. The van der Waals surface area contributed by atoms with E-state index < -0.39 is 0 Å². The second-order valence-corrected chi connectivity index (χ2v) is 4.86. The summed E-state index contributed by atoms with van der Waals surface area (Å²) in [7, 11) is 1.63. The lowest BCUT2D eigenvalue weighted by Crippen LogP contribution is -2.19. The molecule has 0 aliphatic carbocycles. The van der Waals surface area contributed by atoms with Crippen molar-refractivity contribution in [3.8, 4) is 16.5 Å². The predicted molar refractivity (Wildman–Crippen MR) is 70.9 cm³/mol. The summed E-state index contributed by atoms with van der Waals surface area (Å²) in [5, 5.41) is 13.4. The highest BCUT2D eigenvalue weighted by molar-refractivity contribution is 7.13. The van der Waals surface area contributed by atoms with Crippen LogP contribution >= 0.6 is 11.3 Å². The minimum absolute atomic E-state index is 0.0668. The van der Waals surface area contributed by atoms with Crippen LogP contribution in [-0.2, 0) is 0 Å². The number of aromatic nitrogens is 2. The Morgan fingerprint density at radius 2 is 2.33 bits per heavy atom. The van der Waals surface area contributed by atoms with Gasteiger partial charge in [0, 0.05) is 0 Å². The van der Waals surface area contributed by atoms with Crippen molar-refractivity contribution < 1.29 is 9.15 Å². The molecule has 0 aliphatic rings. The SMILES string of the molecule is CCCNC(C)c1nnc(-c2sccc2OC)o1. The summed E-state index contributed by atoms with van der Waals surface area (Å²) in [6.07, 6.45) is 1.07. The third kappa shape index (κ3) is 2.70. The summed E-state index contributed by atoms with van der Waals surface area (Å²) < 4.78 is 10.9. The van der Waals surface area contributed by atoms with E-state index in [1.54, 1.807) is 7.11 Å². The van der Waals surface area contributed by atoms with Crippen LogP contribution in [0.5, 0.6) is 5.75 Å². The lowest BCUT2D eigenvalue weighted by molar-refractivity contribution is 0.409. The van der Waals surface area contributed by atoms with Gasteiger partial charge >= 0.3 is 0 Å². The van der Waals surface area contributed by atoms with Gasteiger partial charge in [-0.1, -0.05) is 6.92 Å². The van der Waals surface area contributed by atoms with Crippen molar-refractivity contribution in [1.29, 1.82) is 0 Å². The highest BCUT2D eigenvalue weighted by Gasteiger charge is 2.17. The molecule has 2 rings (SSSR count). The Bertz CT molecular complexity index is 495. The second-order valence-electron chi connectivity index (χ2n) is 3.94. The number of hydrogen-bond donors (Lipinski definition) is 1. The Kier molecular flexibility index (Phi) is 4.33. The van der Waals surface area contributed by atoms with E-state index in [9.17, 15) is 0 Å². The van der Waals surface area contributed by atoms with Crippen LogP contribution in [0, 0.1) is 0 Å². The first-order chi connectivity index (χ1) is 8.76. The van der Waals surface area contributed by atoms with Gasteiger partial charge in [0.15, 0.2) is 0 Å². The van der Waals surface area contributed by atoms with Crippen molar-refractivity contribution in [1.82, 2.24) is 15.5 Å².